The van der Waals surface area contributed by atoms with E-state index in [-0.39, 0.29) is 12.5 Å². The fourth-order valence-corrected chi connectivity index (χ4v) is 1.52. The average Bonchev–Trinajstić information content (AvgIpc) is 2.15. The lowest BCUT2D eigenvalue weighted by Gasteiger charge is -2.24. The van der Waals surface area contributed by atoms with E-state index in [9.17, 15) is 4.79 Å². The molecule has 5 heteroatoms. The van der Waals surface area contributed by atoms with Crippen molar-refractivity contribution < 1.29 is 14.6 Å². The Morgan fingerprint density at radius 1 is 1.57 bits per heavy atom. The first-order chi connectivity index (χ1) is 6.68. The van der Waals surface area contributed by atoms with Gasteiger partial charge in [-0.1, -0.05) is 0 Å². The highest BCUT2D eigenvalue weighted by atomic mass is 16.5. The summed E-state index contributed by atoms with van der Waals surface area (Å²) in [6.45, 7) is 2.13. The van der Waals surface area contributed by atoms with Crippen molar-refractivity contribution in [3.8, 4) is 0 Å². The maximum absolute atomic E-state index is 10.3. The second-order valence-electron chi connectivity index (χ2n) is 3.65. The highest BCUT2D eigenvalue weighted by molar-refractivity contribution is 5.67. The summed E-state index contributed by atoms with van der Waals surface area (Å²) in [5, 5.41) is 11.8. The zero-order valence-electron chi connectivity index (χ0n) is 8.24. The number of aliphatic carboxylic acids is 1. The van der Waals surface area contributed by atoms with Gasteiger partial charge in [-0.15, -0.1) is 0 Å². The normalized spacial score (nSPS) is 20.6. The Balaban J connectivity index is 2.09. The number of nitrogens with two attached hydrogens (primary N) is 1. The van der Waals surface area contributed by atoms with Crippen molar-refractivity contribution in [2.45, 2.75) is 31.3 Å². The van der Waals surface area contributed by atoms with Crippen LogP contribution < -0.4 is 11.1 Å². The van der Waals surface area contributed by atoms with Gasteiger partial charge in [0.15, 0.2) is 0 Å². The van der Waals surface area contributed by atoms with Crippen molar-refractivity contribution >= 4 is 5.97 Å². The van der Waals surface area contributed by atoms with E-state index < -0.39 is 5.97 Å². The topological polar surface area (TPSA) is 84.6 Å². The Hall–Kier alpha value is -0.650. The molecular formula is C9H18N2O3. The van der Waals surface area contributed by atoms with E-state index in [0.717, 1.165) is 26.1 Å². The van der Waals surface area contributed by atoms with Crippen LogP contribution in [0.15, 0.2) is 0 Å². The molecule has 82 valence electrons. The van der Waals surface area contributed by atoms with Gasteiger partial charge in [0.2, 0.25) is 0 Å². The Morgan fingerprint density at radius 3 is 2.79 bits per heavy atom. The standard InChI is InChI=1S/C9H18N2O3/c10-7(5-9(12)13)6-11-8-1-3-14-4-2-8/h7-8,11H,1-6,10H2,(H,12,13). The molecule has 0 saturated carbocycles. The van der Waals surface area contributed by atoms with Crippen molar-refractivity contribution in [1.82, 2.24) is 5.32 Å². The fraction of sp³-hybridized carbons (Fsp3) is 0.889. The number of carbonyl (C=O) groups is 1. The van der Waals surface area contributed by atoms with Crippen molar-refractivity contribution in [3.63, 3.8) is 0 Å². The summed E-state index contributed by atoms with van der Waals surface area (Å²) >= 11 is 0. The summed E-state index contributed by atoms with van der Waals surface area (Å²) in [5.41, 5.74) is 5.62. The van der Waals surface area contributed by atoms with Gasteiger partial charge in [-0.25, -0.2) is 0 Å². The monoisotopic (exact) mass is 202 g/mol. The van der Waals surface area contributed by atoms with E-state index >= 15 is 0 Å². The molecule has 14 heavy (non-hydrogen) atoms. The molecule has 0 amide bonds. The van der Waals surface area contributed by atoms with Crippen LogP contribution in [0, 0.1) is 0 Å². The number of hydrogen-bond acceptors (Lipinski definition) is 4. The van der Waals surface area contributed by atoms with Gasteiger partial charge in [-0.3, -0.25) is 4.79 Å². The predicted molar refractivity (Wildman–Crippen MR) is 52.1 cm³/mol. The first kappa shape index (κ1) is 11.4. The largest absolute Gasteiger partial charge is 0.481 e. The summed E-state index contributed by atoms with van der Waals surface area (Å²) in [4.78, 5) is 10.3. The maximum Gasteiger partial charge on any atom is 0.304 e. The molecule has 1 atom stereocenters. The van der Waals surface area contributed by atoms with Crippen LogP contribution in [0.25, 0.3) is 0 Å². The molecule has 4 N–H and O–H groups in total. The van der Waals surface area contributed by atoms with E-state index in [1.54, 1.807) is 0 Å². The summed E-state index contributed by atoms with van der Waals surface area (Å²) < 4.78 is 5.21. The molecule has 1 heterocycles. The van der Waals surface area contributed by atoms with Crippen molar-refractivity contribution in [3.05, 3.63) is 0 Å². The fourth-order valence-electron chi connectivity index (χ4n) is 1.52. The van der Waals surface area contributed by atoms with Crippen LogP contribution in [0.4, 0.5) is 0 Å². The van der Waals surface area contributed by atoms with Gasteiger partial charge in [0.05, 0.1) is 6.42 Å². The predicted octanol–water partition coefficient (Wildman–Crippen LogP) is -0.443. The lowest BCUT2D eigenvalue weighted by atomic mass is 10.1. The van der Waals surface area contributed by atoms with Gasteiger partial charge in [0.25, 0.3) is 0 Å². The molecule has 1 rings (SSSR count). The minimum absolute atomic E-state index is 0.0240. The average molecular weight is 202 g/mol. The molecule has 1 aliphatic heterocycles. The highest BCUT2D eigenvalue weighted by Gasteiger charge is 2.15. The second-order valence-corrected chi connectivity index (χ2v) is 3.65. The molecule has 0 aromatic heterocycles. The molecule has 1 aliphatic rings. The van der Waals surface area contributed by atoms with Crippen molar-refractivity contribution in [2.24, 2.45) is 5.73 Å². The molecule has 0 aromatic carbocycles. The summed E-state index contributed by atoms with van der Waals surface area (Å²) in [7, 11) is 0. The number of ether oxygens (including phenoxy) is 1. The lowest BCUT2D eigenvalue weighted by molar-refractivity contribution is -0.137. The molecule has 1 fully saturated rings. The number of carboxylic acids is 1. The zero-order chi connectivity index (χ0) is 10.4. The Kier molecular flexibility index (Phi) is 4.86. The second kappa shape index (κ2) is 5.95. The van der Waals surface area contributed by atoms with E-state index in [4.69, 9.17) is 15.6 Å². The minimum Gasteiger partial charge on any atom is -0.481 e. The maximum atomic E-state index is 10.3. The summed E-state index contributed by atoms with van der Waals surface area (Å²) in [6, 6.07) is 0.138. The van der Waals surface area contributed by atoms with Gasteiger partial charge in [0.1, 0.15) is 0 Å². The molecule has 0 radical (unpaired) electrons. The van der Waals surface area contributed by atoms with Crippen LogP contribution in [0.5, 0.6) is 0 Å². The van der Waals surface area contributed by atoms with Crippen molar-refractivity contribution in [2.75, 3.05) is 19.8 Å². The summed E-state index contributed by atoms with van der Waals surface area (Å²) in [6.07, 6.45) is 2.00. The van der Waals surface area contributed by atoms with Crippen LogP contribution in [-0.2, 0) is 9.53 Å². The van der Waals surface area contributed by atoms with Gasteiger partial charge in [-0.05, 0) is 12.8 Å². The minimum atomic E-state index is -0.841. The van der Waals surface area contributed by atoms with Gasteiger partial charge in [0, 0.05) is 31.8 Å². The first-order valence-corrected chi connectivity index (χ1v) is 4.97. The first-order valence-electron chi connectivity index (χ1n) is 4.97. The Bertz CT molecular complexity index is 181. The molecule has 0 aromatic rings. The summed E-state index contributed by atoms with van der Waals surface area (Å²) in [5.74, 6) is -0.841. The molecule has 1 saturated heterocycles. The molecule has 5 nitrogen and oxygen atoms in total. The molecule has 0 aliphatic carbocycles. The van der Waals surface area contributed by atoms with Gasteiger partial charge >= 0.3 is 5.97 Å². The molecule has 1 unspecified atom stereocenters. The van der Waals surface area contributed by atoms with Crippen LogP contribution in [0.2, 0.25) is 0 Å². The Labute approximate surface area is 83.6 Å². The van der Waals surface area contributed by atoms with E-state index in [2.05, 4.69) is 5.32 Å². The van der Waals surface area contributed by atoms with Crippen LogP contribution in [0.3, 0.4) is 0 Å². The number of rotatable bonds is 5. The third kappa shape index (κ3) is 4.55. The zero-order valence-corrected chi connectivity index (χ0v) is 8.24. The van der Waals surface area contributed by atoms with Crippen molar-refractivity contribution in [1.29, 1.82) is 0 Å². The quantitative estimate of drug-likeness (QED) is 0.562. The number of hydrogen-bond donors (Lipinski definition) is 3. The van der Waals surface area contributed by atoms with Crippen LogP contribution in [-0.4, -0.2) is 42.9 Å². The SMILES string of the molecule is NC(CNC1CCOCC1)CC(=O)O. The number of nitrogens with one attached hydrogen (secondary N) is 1. The molecule has 0 spiro atoms. The Morgan fingerprint density at radius 2 is 2.21 bits per heavy atom. The molecule has 0 bridgehead atoms. The smallest absolute Gasteiger partial charge is 0.304 e. The molecular weight excluding hydrogens is 184 g/mol. The third-order valence-corrected chi connectivity index (χ3v) is 2.33. The van der Waals surface area contributed by atoms with Gasteiger partial charge < -0.3 is 20.9 Å². The number of carboxylic acid groups (broad SMARTS) is 1. The van der Waals surface area contributed by atoms with E-state index in [0.29, 0.717) is 12.6 Å². The van der Waals surface area contributed by atoms with Crippen LogP contribution in [0.1, 0.15) is 19.3 Å². The highest BCUT2D eigenvalue weighted by Crippen LogP contribution is 2.05. The van der Waals surface area contributed by atoms with Gasteiger partial charge in [-0.2, -0.15) is 0 Å². The van der Waals surface area contributed by atoms with E-state index in [1.807, 2.05) is 0 Å². The van der Waals surface area contributed by atoms with Crippen LogP contribution >= 0.6 is 0 Å². The van der Waals surface area contributed by atoms with E-state index in [1.165, 1.54) is 0 Å². The lowest BCUT2D eigenvalue weighted by Crippen LogP contribution is -2.42. The third-order valence-electron chi connectivity index (χ3n) is 2.33.